The molecule has 0 aliphatic rings. The van der Waals surface area contributed by atoms with Gasteiger partial charge in [0.1, 0.15) is 5.00 Å². The van der Waals surface area contributed by atoms with Crippen LogP contribution in [0.2, 0.25) is 0 Å². The van der Waals surface area contributed by atoms with Gasteiger partial charge in [0.25, 0.3) is 0 Å². The van der Waals surface area contributed by atoms with Crippen LogP contribution in [0.1, 0.15) is 17.3 Å². The minimum atomic E-state index is -3.37. The van der Waals surface area contributed by atoms with Crippen molar-refractivity contribution in [3.8, 4) is 0 Å². The molecule has 0 aromatic carbocycles. The normalized spacial score (nSPS) is 11.1. The van der Waals surface area contributed by atoms with Gasteiger partial charge in [0.2, 0.25) is 10.0 Å². The minimum absolute atomic E-state index is 0.243. The smallest absolute Gasteiger partial charge is 0.341 e. The number of ether oxygens (including phenoxy) is 1. The lowest BCUT2D eigenvalue weighted by atomic mass is 10.3. The van der Waals surface area contributed by atoms with Crippen molar-refractivity contribution in [2.24, 2.45) is 0 Å². The number of carbonyl (C=O) groups is 1. The van der Waals surface area contributed by atoms with E-state index in [2.05, 4.69) is 4.72 Å². The van der Waals surface area contributed by atoms with Crippen molar-refractivity contribution in [2.75, 3.05) is 17.6 Å². The number of sulfonamides is 1. The predicted octanol–water partition coefficient (Wildman–Crippen LogP) is 1.30. The van der Waals surface area contributed by atoms with E-state index in [9.17, 15) is 13.2 Å². The van der Waals surface area contributed by atoms with E-state index in [4.69, 9.17) is 4.74 Å². The number of rotatable bonds is 4. The maximum Gasteiger partial charge on any atom is 0.341 e. The summed E-state index contributed by atoms with van der Waals surface area (Å²) in [4.78, 5) is 11.4. The van der Waals surface area contributed by atoms with E-state index >= 15 is 0 Å². The first kappa shape index (κ1) is 12.0. The molecule has 5 nitrogen and oxygen atoms in total. The van der Waals surface area contributed by atoms with Crippen molar-refractivity contribution in [2.45, 2.75) is 6.92 Å². The van der Waals surface area contributed by atoms with Gasteiger partial charge in [0.05, 0.1) is 18.4 Å². The Balaban J connectivity index is 2.92. The van der Waals surface area contributed by atoms with Crippen LogP contribution in [0.4, 0.5) is 5.00 Å². The number of nitrogens with one attached hydrogen (secondary N) is 1. The van der Waals surface area contributed by atoms with Crippen LogP contribution in [0.15, 0.2) is 11.4 Å². The van der Waals surface area contributed by atoms with Crippen molar-refractivity contribution in [3.63, 3.8) is 0 Å². The molecule has 0 bridgehead atoms. The number of thiophene rings is 1. The Hall–Kier alpha value is -1.08. The lowest BCUT2D eigenvalue weighted by molar-refractivity contribution is 0.0528. The molecule has 1 rings (SSSR count). The Kier molecular flexibility index (Phi) is 3.70. The minimum Gasteiger partial charge on any atom is -0.462 e. The monoisotopic (exact) mass is 249 g/mol. The van der Waals surface area contributed by atoms with Gasteiger partial charge in [-0.3, -0.25) is 4.72 Å². The van der Waals surface area contributed by atoms with Crippen molar-refractivity contribution in [1.29, 1.82) is 0 Å². The summed E-state index contributed by atoms with van der Waals surface area (Å²) < 4.78 is 29.0. The third-order valence-corrected chi connectivity index (χ3v) is 2.97. The number of hydrogen-bond acceptors (Lipinski definition) is 5. The molecule has 7 heteroatoms. The molecule has 84 valence electrons. The highest BCUT2D eigenvalue weighted by Crippen LogP contribution is 2.24. The van der Waals surface area contributed by atoms with Gasteiger partial charge >= 0.3 is 5.97 Å². The molecule has 0 saturated heterocycles. The number of carbonyl (C=O) groups excluding carboxylic acids is 1. The second-order valence-electron chi connectivity index (χ2n) is 2.76. The number of anilines is 1. The summed E-state index contributed by atoms with van der Waals surface area (Å²) in [6.45, 7) is 1.95. The Morgan fingerprint density at radius 3 is 2.80 bits per heavy atom. The van der Waals surface area contributed by atoms with Gasteiger partial charge in [0, 0.05) is 0 Å². The molecule has 0 spiro atoms. The Bertz CT molecular complexity index is 449. The standard InChI is InChI=1S/C8H11NO4S2/c1-3-13-8(10)6-4-5-14-7(6)9-15(2,11)12/h4-5,9H,3H2,1-2H3. The molecule has 0 amide bonds. The van der Waals surface area contributed by atoms with Crippen LogP contribution < -0.4 is 4.72 Å². The van der Waals surface area contributed by atoms with Gasteiger partial charge in [-0.25, -0.2) is 13.2 Å². The average molecular weight is 249 g/mol. The van der Waals surface area contributed by atoms with Crippen molar-refractivity contribution in [1.82, 2.24) is 0 Å². The highest BCUT2D eigenvalue weighted by Gasteiger charge is 2.16. The van der Waals surface area contributed by atoms with Gasteiger partial charge in [-0.15, -0.1) is 11.3 Å². The van der Waals surface area contributed by atoms with E-state index in [1.165, 1.54) is 6.07 Å². The summed E-state index contributed by atoms with van der Waals surface area (Å²) >= 11 is 1.14. The van der Waals surface area contributed by atoms with Gasteiger partial charge in [-0.05, 0) is 18.4 Å². The molecule has 0 radical (unpaired) electrons. The quantitative estimate of drug-likeness (QED) is 0.816. The topological polar surface area (TPSA) is 72.5 Å². The zero-order chi connectivity index (χ0) is 11.5. The Morgan fingerprint density at radius 1 is 1.60 bits per heavy atom. The predicted molar refractivity (Wildman–Crippen MR) is 58.7 cm³/mol. The fourth-order valence-corrected chi connectivity index (χ4v) is 2.64. The molecule has 1 aromatic rings. The van der Waals surface area contributed by atoms with Gasteiger partial charge < -0.3 is 4.74 Å². The summed E-state index contributed by atoms with van der Waals surface area (Å²) in [7, 11) is -3.37. The van der Waals surface area contributed by atoms with Crippen molar-refractivity contribution < 1.29 is 17.9 Å². The molecule has 0 fully saturated rings. The van der Waals surface area contributed by atoms with Crippen LogP contribution in [0.25, 0.3) is 0 Å². The van der Waals surface area contributed by atoms with Crippen LogP contribution in [0, 0.1) is 0 Å². The summed E-state index contributed by atoms with van der Waals surface area (Å²) in [6, 6.07) is 1.52. The lowest BCUT2D eigenvalue weighted by Crippen LogP contribution is -2.12. The summed E-state index contributed by atoms with van der Waals surface area (Å²) in [5.41, 5.74) is 0.243. The third kappa shape index (κ3) is 3.52. The average Bonchev–Trinajstić information content (AvgIpc) is 2.49. The largest absolute Gasteiger partial charge is 0.462 e. The van der Waals surface area contributed by atoms with Crippen molar-refractivity contribution in [3.05, 3.63) is 17.0 Å². The first-order valence-electron chi connectivity index (χ1n) is 4.16. The van der Waals surface area contributed by atoms with Crippen LogP contribution in [-0.4, -0.2) is 27.2 Å². The Labute approximate surface area is 92.1 Å². The molecule has 0 atom stereocenters. The third-order valence-electron chi connectivity index (χ3n) is 1.44. The first-order chi connectivity index (χ1) is 6.94. The first-order valence-corrected chi connectivity index (χ1v) is 6.93. The summed E-state index contributed by atoms with van der Waals surface area (Å²) in [5.74, 6) is -0.523. The molecule has 15 heavy (non-hydrogen) atoms. The molecular formula is C8H11NO4S2. The second-order valence-corrected chi connectivity index (χ2v) is 5.42. The maximum atomic E-state index is 11.4. The molecule has 0 unspecified atom stereocenters. The van der Waals surface area contributed by atoms with E-state index in [-0.39, 0.29) is 17.2 Å². The number of esters is 1. The van der Waals surface area contributed by atoms with Crippen LogP contribution in [0.3, 0.4) is 0 Å². The number of hydrogen-bond donors (Lipinski definition) is 1. The molecule has 0 aliphatic carbocycles. The fraction of sp³-hybridized carbons (Fsp3) is 0.375. The SMILES string of the molecule is CCOC(=O)c1ccsc1NS(C)(=O)=O. The van der Waals surface area contributed by atoms with Gasteiger partial charge in [-0.2, -0.15) is 0 Å². The second kappa shape index (κ2) is 4.63. The van der Waals surface area contributed by atoms with E-state index in [0.717, 1.165) is 17.6 Å². The zero-order valence-electron chi connectivity index (χ0n) is 8.31. The molecule has 1 aromatic heterocycles. The van der Waals surface area contributed by atoms with E-state index in [1.54, 1.807) is 12.3 Å². The molecule has 1 N–H and O–H groups in total. The molecule has 0 saturated carbocycles. The zero-order valence-corrected chi connectivity index (χ0v) is 9.94. The van der Waals surface area contributed by atoms with E-state index in [1.807, 2.05) is 0 Å². The maximum absolute atomic E-state index is 11.4. The highest BCUT2D eigenvalue weighted by molar-refractivity contribution is 7.92. The van der Waals surface area contributed by atoms with Gasteiger partial charge in [0.15, 0.2) is 0 Å². The van der Waals surface area contributed by atoms with Crippen molar-refractivity contribution >= 4 is 32.3 Å². The summed E-state index contributed by atoms with van der Waals surface area (Å²) in [6.07, 6.45) is 1.03. The Morgan fingerprint density at radius 2 is 2.27 bits per heavy atom. The van der Waals surface area contributed by atoms with Crippen LogP contribution in [0.5, 0.6) is 0 Å². The molecular weight excluding hydrogens is 238 g/mol. The lowest BCUT2D eigenvalue weighted by Gasteiger charge is -2.04. The molecule has 0 aliphatic heterocycles. The highest BCUT2D eigenvalue weighted by atomic mass is 32.2. The van der Waals surface area contributed by atoms with Crippen LogP contribution >= 0.6 is 11.3 Å². The molecule has 1 heterocycles. The van der Waals surface area contributed by atoms with E-state index in [0.29, 0.717) is 0 Å². The van der Waals surface area contributed by atoms with Gasteiger partial charge in [-0.1, -0.05) is 0 Å². The van der Waals surface area contributed by atoms with Crippen LogP contribution in [-0.2, 0) is 14.8 Å². The summed E-state index contributed by atoms with van der Waals surface area (Å²) in [5, 5.41) is 1.91. The fourth-order valence-electron chi connectivity index (χ4n) is 0.926. The van der Waals surface area contributed by atoms with E-state index < -0.39 is 16.0 Å².